The van der Waals surface area contributed by atoms with Crippen LogP contribution >= 0.6 is 0 Å². The van der Waals surface area contributed by atoms with Gasteiger partial charge in [-0.15, -0.1) is 0 Å². The second kappa shape index (κ2) is 6.20. The summed E-state index contributed by atoms with van der Waals surface area (Å²) in [5.74, 6) is -0.660. The summed E-state index contributed by atoms with van der Waals surface area (Å²) in [5.41, 5.74) is 15.7. The van der Waals surface area contributed by atoms with Crippen LogP contribution < -0.4 is 11.5 Å². The van der Waals surface area contributed by atoms with Crippen molar-refractivity contribution in [2.24, 2.45) is 16.5 Å². The summed E-state index contributed by atoms with van der Waals surface area (Å²) in [6, 6.07) is 15.8. The standard InChI is InChI=1S/C19H20N4O/c1-12-13(2)23(11-14-6-4-3-5-7-14)17-10-15(8-9-16(12)17)18(24)22-19(20)21/h3-10H,11H2,1-2H3,(H4,20,21,22,24). The fraction of sp³-hybridized carbons (Fsp3) is 0.158. The number of aliphatic imine (C=N–C) groups is 1. The average Bonchev–Trinajstić information content (AvgIpc) is 2.80. The van der Waals surface area contributed by atoms with E-state index in [4.69, 9.17) is 11.5 Å². The summed E-state index contributed by atoms with van der Waals surface area (Å²) in [7, 11) is 0. The lowest BCUT2D eigenvalue weighted by Crippen LogP contribution is -2.24. The van der Waals surface area contributed by atoms with E-state index in [1.54, 1.807) is 6.07 Å². The fourth-order valence-corrected chi connectivity index (χ4v) is 2.93. The summed E-state index contributed by atoms with van der Waals surface area (Å²) in [6.07, 6.45) is 0. The van der Waals surface area contributed by atoms with Gasteiger partial charge in [0.15, 0.2) is 5.96 Å². The number of aromatic nitrogens is 1. The van der Waals surface area contributed by atoms with Gasteiger partial charge < -0.3 is 16.0 Å². The van der Waals surface area contributed by atoms with Crippen LogP contribution in [0.2, 0.25) is 0 Å². The van der Waals surface area contributed by atoms with Gasteiger partial charge in [0.25, 0.3) is 5.91 Å². The molecule has 0 saturated heterocycles. The molecule has 24 heavy (non-hydrogen) atoms. The Balaban J connectivity index is 2.12. The van der Waals surface area contributed by atoms with Gasteiger partial charge in [-0.2, -0.15) is 4.99 Å². The number of hydrogen-bond donors (Lipinski definition) is 2. The second-order valence-electron chi connectivity index (χ2n) is 5.86. The van der Waals surface area contributed by atoms with E-state index in [-0.39, 0.29) is 5.96 Å². The lowest BCUT2D eigenvalue weighted by Gasteiger charge is -2.09. The quantitative estimate of drug-likeness (QED) is 0.574. The molecule has 1 heterocycles. The van der Waals surface area contributed by atoms with Crippen LogP contribution in [-0.2, 0) is 6.54 Å². The maximum absolute atomic E-state index is 12.1. The van der Waals surface area contributed by atoms with Crippen LogP contribution in [0.4, 0.5) is 0 Å². The number of guanidine groups is 1. The van der Waals surface area contributed by atoms with Gasteiger partial charge in [0.2, 0.25) is 0 Å². The van der Waals surface area contributed by atoms with E-state index in [1.165, 1.54) is 16.8 Å². The third-order valence-electron chi connectivity index (χ3n) is 4.30. The first-order chi connectivity index (χ1) is 11.5. The Labute approximate surface area is 140 Å². The Bertz CT molecular complexity index is 935. The number of carbonyl (C=O) groups excluding carboxylic acids is 1. The van der Waals surface area contributed by atoms with Crippen LogP contribution in [0.3, 0.4) is 0 Å². The van der Waals surface area contributed by atoms with Gasteiger partial charge in [-0.1, -0.05) is 36.4 Å². The van der Waals surface area contributed by atoms with Gasteiger partial charge in [-0.3, -0.25) is 4.79 Å². The number of amides is 1. The first kappa shape index (κ1) is 15.8. The Morgan fingerprint density at radius 2 is 1.79 bits per heavy atom. The van der Waals surface area contributed by atoms with Crippen LogP contribution in [0.1, 0.15) is 27.2 Å². The summed E-state index contributed by atoms with van der Waals surface area (Å²) in [4.78, 5) is 15.7. The highest BCUT2D eigenvalue weighted by molar-refractivity contribution is 6.04. The van der Waals surface area contributed by atoms with Gasteiger partial charge in [-0.05, 0) is 37.1 Å². The minimum Gasteiger partial charge on any atom is -0.370 e. The zero-order valence-corrected chi connectivity index (χ0v) is 13.8. The third-order valence-corrected chi connectivity index (χ3v) is 4.30. The van der Waals surface area contributed by atoms with Crippen molar-refractivity contribution in [1.82, 2.24) is 4.57 Å². The highest BCUT2D eigenvalue weighted by Gasteiger charge is 2.14. The van der Waals surface area contributed by atoms with E-state index in [1.807, 2.05) is 30.3 Å². The maximum atomic E-state index is 12.1. The first-order valence-corrected chi connectivity index (χ1v) is 7.74. The second-order valence-corrected chi connectivity index (χ2v) is 5.86. The average molecular weight is 320 g/mol. The minimum absolute atomic E-state index is 0.230. The van der Waals surface area contributed by atoms with Crippen molar-refractivity contribution >= 4 is 22.8 Å². The lowest BCUT2D eigenvalue weighted by atomic mass is 10.1. The molecular formula is C19H20N4O. The highest BCUT2D eigenvalue weighted by Crippen LogP contribution is 2.27. The smallest absolute Gasteiger partial charge is 0.280 e. The fourth-order valence-electron chi connectivity index (χ4n) is 2.93. The first-order valence-electron chi connectivity index (χ1n) is 7.74. The van der Waals surface area contributed by atoms with Crippen LogP contribution in [0.5, 0.6) is 0 Å². The monoisotopic (exact) mass is 320 g/mol. The van der Waals surface area contributed by atoms with E-state index in [9.17, 15) is 4.79 Å². The molecule has 0 unspecified atom stereocenters. The molecule has 0 bridgehead atoms. The van der Waals surface area contributed by atoms with E-state index >= 15 is 0 Å². The molecule has 5 heteroatoms. The molecule has 0 spiro atoms. The van der Waals surface area contributed by atoms with Crippen LogP contribution in [0, 0.1) is 13.8 Å². The number of rotatable bonds is 3. The normalized spacial score (nSPS) is 10.8. The molecule has 2 aromatic carbocycles. The largest absolute Gasteiger partial charge is 0.370 e. The van der Waals surface area contributed by atoms with Gasteiger partial charge in [0.1, 0.15) is 0 Å². The van der Waals surface area contributed by atoms with Gasteiger partial charge in [0.05, 0.1) is 0 Å². The summed E-state index contributed by atoms with van der Waals surface area (Å²) >= 11 is 0. The van der Waals surface area contributed by atoms with E-state index in [2.05, 4.69) is 35.5 Å². The number of hydrogen-bond acceptors (Lipinski definition) is 1. The van der Waals surface area contributed by atoms with Crippen LogP contribution in [0.15, 0.2) is 53.5 Å². The van der Waals surface area contributed by atoms with Crippen LogP contribution in [-0.4, -0.2) is 16.4 Å². The molecule has 3 rings (SSSR count). The molecule has 0 aliphatic rings. The predicted octanol–water partition coefficient (Wildman–Crippen LogP) is 2.72. The number of aryl methyl sites for hydroxylation is 1. The maximum Gasteiger partial charge on any atom is 0.280 e. The predicted molar refractivity (Wildman–Crippen MR) is 97.1 cm³/mol. The molecule has 0 atom stereocenters. The Kier molecular flexibility index (Phi) is 4.08. The zero-order valence-electron chi connectivity index (χ0n) is 13.8. The SMILES string of the molecule is Cc1c(C)n(Cc2ccccc2)c2cc(C(=O)N=C(N)N)ccc12. The van der Waals surface area contributed by atoms with Crippen molar-refractivity contribution < 1.29 is 4.79 Å². The van der Waals surface area contributed by atoms with Crippen molar-refractivity contribution in [3.05, 3.63) is 70.9 Å². The van der Waals surface area contributed by atoms with E-state index in [0.29, 0.717) is 5.56 Å². The number of benzene rings is 2. The molecule has 122 valence electrons. The molecule has 3 aromatic rings. The molecule has 0 fully saturated rings. The van der Waals surface area contributed by atoms with Gasteiger partial charge in [0, 0.05) is 28.7 Å². The summed E-state index contributed by atoms with van der Waals surface area (Å²) in [6.45, 7) is 4.93. The van der Waals surface area contributed by atoms with Crippen molar-refractivity contribution in [2.75, 3.05) is 0 Å². The lowest BCUT2D eigenvalue weighted by molar-refractivity contribution is 0.100. The third kappa shape index (κ3) is 2.88. The molecule has 1 amide bonds. The topological polar surface area (TPSA) is 86.4 Å². The van der Waals surface area contributed by atoms with E-state index in [0.717, 1.165) is 17.4 Å². The van der Waals surface area contributed by atoms with Crippen molar-refractivity contribution in [3.8, 4) is 0 Å². The van der Waals surface area contributed by atoms with Crippen molar-refractivity contribution in [1.29, 1.82) is 0 Å². The number of nitrogens with zero attached hydrogens (tertiary/aromatic N) is 2. The van der Waals surface area contributed by atoms with Crippen LogP contribution in [0.25, 0.3) is 10.9 Å². The van der Waals surface area contributed by atoms with Gasteiger partial charge >= 0.3 is 0 Å². The molecule has 0 aliphatic heterocycles. The molecule has 1 aromatic heterocycles. The molecule has 0 radical (unpaired) electrons. The zero-order chi connectivity index (χ0) is 17.3. The van der Waals surface area contributed by atoms with E-state index < -0.39 is 5.91 Å². The number of carbonyl (C=O) groups is 1. The minimum atomic E-state index is -0.431. The molecular weight excluding hydrogens is 300 g/mol. The molecule has 0 aliphatic carbocycles. The molecule has 5 nitrogen and oxygen atoms in total. The van der Waals surface area contributed by atoms with Crippen molar-refractivity contribution in [2.45, 2.75) is 20.4 Å². The Morgan fingerprint density at radius 3 is 2.46 bits per heavy atom. The Morgan fingerprint density at radius 1 is 1.08 bits per heavy atom. The molecule has 0 saturated carbocycles. The summed E-state index contributed by atoms with van der Waals surface area (Å²) in [5, 5.41) is 1.13. The van der Waals surface area contributed by atoms with Gasteiger partial charge in [-0.25, -0.2) is 0 Å². The molecule has 4 N–H and O–H groups in total. The number of fused-ring (bicyclic) bond motifs is 1. The van der Waals surface area contributed by atoms with Crippen molar-refractivity contribution in [3.63, 3.8) is 0 Å². The summed E-state index contributed by atoms with van der Waals surface area (Å²) < 4.78 is 2.21. The Hall–Kier alpha value is -3.08. The number of nitrogens with two attached hydrogens (primary N) is 2. The highest BCUT2D eigenvalue weighted by atomic mass is 16.1.